The van der Waals surface area contributed by atoms with Gasteiger partial charge in [-0.25, -0.2) is 4.79 Å². The van der Waals surface area contributed by atoms with Crippen molar-refractivity contribution in [3.63, 3.8) is 0 Å². The van der Waals surface area contributed by atoms with Crippen molar-refractivity contribution in [3.05, 3.63) is 52.5 Å². The number of nitrogens with zero attached hydrogens (tertiary/aromatic N) is 4. The van der Waals surface area contributed by atoms with Gasteiger partial charge in [-0.05, 0) is 57.2 Å². The second kappa shape index (κ2) is 10.9. The fraction of sp³-hybridized carbons (Fsp3) is 0.348. The van der Waals surface area contributed by atoms with Gasteiger partial charge in [0.15, 0.2) is 0 Å². The van der Waals surface area contributed by atoms with Crippen LogP contribution in [0, 0.1) is 11.3 Å². The van der Waals surface area contributed by atoms with E-state index in [0.717, 1.165) is 24.3 Å². The Morgan fingerprint density at radius 3 is 2.43 bits per heavy atom. The summed E-state index contributed by atoms with van der Waals surface area (Å²) in [7, 11) is 0. The van der Waals surface area contributed by atoms with E-state index >= 15 is 0 Å². The van der Waals surface area contributed by atoms with Gasteiger partial charge in [0.2, 0.25) is 0 Å². The first-order valence-corrected chi connectivity index (χ1v) is 11.2. The molecule has 0 saturated carbocycles. The highest BCUT2D eigenvalue weighted by molar-refractivity contribution is 6.31. The highest BCUT2D eigenvalue weighted by atomic mass is 35.5. The minimum Gasteiger partial charge on any atom is -0.444 e. The Labute approximate surface area is 214 Å². The zero-order valence-corrected chi connectivity index (χ0v) is 20.6. The van der Waals surface area contributed by atoms with Crippen LogP contribution in [0.25, 0.3) is 11.0 Å². The summed E-state index contributed by atoms with van der Waals surface area (Å²) in [6, 6.07) is 8.26. The molecule has 196 valence electrons. The number of nitriles is 1. The Balaban J connectivity index is 1.69. The van der Waals surface area contributed by atoms with Crippen LogP contribution in [0.15, 0.2) is 36.4 Å². The standard InChI is InChI=1S/C23H22ClF3N6O4/c1-22(2,3)37-21(35)29-11-14-8-15(24)9-18-19(14)32-33(31-18)12-16(10-28)30-20(34)13-4-6-17(7-5-13)36-23(25,26)27/h4-9,16H,11-12H2,1-3H3,(H,29,35)(H,30,34). The largest absolute Gasteiger partial charge is 0.573 e. The number of halogens is 4. The summed E-state index contributed by atoms with van der Waals surface area (Å²) in [5, 5.41) is 23.6. The number of nitrogens with one attached hydrogen (secondary N) is 2. The van der Waals surface area contributed by atoms with E-state index in [4.69, 9.17) is 16.3 Å². The molecule has 37 heavy (non-hydrogen) atoms. The molecular weight excluding hydrogens is 517 g/mol. The van der Waals surface area contributed by atoms with Crippen molar-refractivity contribution in [1.82, 2.24) is 25.6 Å². The second-order valence-electron chi connectivity index (χ2n) is 8.77. The molecule has 0 spiro atoms. The molecule has 0 aliphatic heterocycles. The van der Waals surface area contributed by atoms with Gasteiger partial charge in [-0.15, -0.1) is 13.2 Å². The van der Waals surface area contributed by atoms with Gasteiger partial charge in [0.1, 0.15) is 28.4 Å². The van der Waals surface area contributed by atoms with Gasteiger partial charge in [0, 0.05) is 22.7 Å². The topological polar surface area (TPSA) is 131 Å². The summed E-state index contributed by atoms with van der Waals surface area (Å²) in [4.78, 5) is 25.7. The van der Waals surface area contributed by atoms with Gasteiger partial charge in [-0.3, -0.25) is 4.79 Å². The molecule has 1 aromatic heterocycles. The first kappa shape index (κ1) is 27.5. The maximum Gasteiger partial charge on any atom is 0.573 e. The molecule has 3 aromatic rings. The van der Waals surface area contributed by atoms with E-state index in [0.29, 0.717) is 21.6 Å². The van der Waals surface area contributed by atoms with Crippen molar-refractivity contribution in [1.29, 1.82) is 5.26 Å². The molecular formula is C23H22ClF3N6O4. The Bertz CT molecular complexity index is 1330. The molecule has 0 saturated heterocycles. The van der Waals surface area contributed by atoms with Crippen molar-refractivity contribution < 1.29 is 32.2 Å². The Kier molecular flexibility index (Phi) is 8.12. The maximum atomic E-state index is 12.5. The van der Waals surface area contributed by atoms with Crippen LogP contribution in [0.4, 0.5) is 18.0 Å². The van der Waals surface area contributed by atoms with Crippen LogP contribution < -0.4 is 15.4 Å². The number of hydrogen-bond acceptors (Lipinski definition) is 7. The Morgan fingerprint density at radius 2 is 1.84 bits per heavy atom. The molecule has 1 atom stereocenters. The van der Waals surface area contributed by atoms with E-state index in [1.165, 1.54) is 4.80 Å². The first-order valence-electron chi connectivity index (χ1n) is 10.8. The zero-order valence-electron chi connectivity index (χ0n) is 19.9. The van der Waals surface area contributed by atoms with E-state index in [1.54, 1.807) is 32.9 Å². The molecule has 0 bridgehead atoms. The Morgan fingerprint density at radius 1 is 1.16 bits per heavy atom. The van der Waals surface area contributed by atoms with Crippen LogP contribution in [0.2, 0.25) is 5.02 Å². The number of ether oxygens (including phenoxy) is 2. The number of hydrogen-bond donors (Lipinski definition) is 2. The number of amides is 2. The number of alkyl halides is 3. The number of carbonyl (C=O) groups is 2. The molecule has 1 unspecified atom stereocenters. The SMILES string of the molecule is CC(C)(C)OC(=O)NCc1cc(Cl)cc2nn(CC(C#N)NC(=O)c3ccc(OC(F)(F)F)cc3)nc12. The number of alkyl carbamates (subject to hydrolysis) is 1. The highest BCUT2D eigenvalue weighted by Gasteiger charge is 2.31. The predicted octanol–water partition coefficient (Wildman–Crippen LogP) is 4.33. The summed E-state index contributed by atoms with van der Waals surface area (Å²) in [5.74, 6) is -1.17. The van der Waals surface area contributed by atoms with E-state index in [1.807, 2.05) is 6.07 Å². The number of fused-ring (bicyclic) bond motifs is 1. The van der Waals surface area contributed by atoms with Crippen LogP contribution in [0.3, 0.4) is 0 Å². The molecule has 0 aliphatic carbocycles. The fourth-order valence-electron chi connectivity index (χ4n) is 3.12. The second-order valence-corrected chi connectivity index (χ2v) is 9.21. The number of aromatic nitrogens is 3. The van der Waals surface area contributed by atoms with Gasteiger partial charge in [0.05, 0.1) is 12.6 Å². The minimum atomic E-state index is -4.86. The average Bonchev–Trinajstić information content (AvgIpc) is 3.17. The summed E-state index contributed by atoms with van der Waals surface area (Å²) in [5.41, 5.74) is 0.724. The van der Waals surface area contributed by atoms with Crippen LogP contribution >= 0.6 is 11.6 Å². The lowest BCUT2D eigenvalue weighted by molar-refractivity contribution is -0.274. The molecule has 14 heteroatoms. The van der Waals surface area contributed by atoms with Crippen LogP contribution in [-0.2, 0) is 17.8 Å². The van der Waals surface area contributed by atoms with Crippen LogP contribution in [-0.4, -0.2) is 45.0 Å². The lowest BCUT2D eigenvalue weighted by atomic mass is 10.2. The van der Waals surface area contributed by atoms with Gasteiger partial charge < -0.3 is 20.1 Å². The number of rotatable bonds is 7. The molecule has 2 aromatic carbocycles. The van der Waals surface area contributed by atoms with Crippen molar-refractivity contribution >= 4 is 34.6 Å². The molecule has 2 N–H and O–H groups in total. The summed E-state index contributed by atoms with van der Waals surface area (Å²) >= 11 is 6.17. The van der Waals surface area contributed by atoms with Crippen molar-refractivity contribution in [2.75, 3.05) is 0 Å². The van der Waals surface area contributed by atoms with E-state index < -0.39 is 35.8 Å². The maximum absolute atomic E-state index is 12.5. The third-order valence-corrected chi connectivity index (χ3v) is 4.77. The van der Waals surface area contributed by atoms with Crippen LogP contribution in [0.5, 0.6) is 5.75 Å². The average molecular weight is 539 g/mol. The number of benzene rings is 2. The van der Waals surface area contributed by atoms with Gasteiger partial charge >= 0.3 is 12.5 Å². The summed E-state index contributed by atoms with van der Waals surface area (Å²) in [6.07, 6.45) is -5.48. The minimum absolute atomic E-state index is 0.0237. The van der Waals surface area contributed by atoms with Gasteiger partial charge in [-0.1, -0.05) is 11.6 Å². The van der Waals surface area contributed by atoms with Crippen molar-refractivity contribution in [2.24, 2.45) is 0 Å². The highest BCUT2D eigenvalue weighted by Crippen LogP contribution is 2.23. The molecule has 3 rings (SSSR count). The molecule has 1 heterocycles. The molecule has 2 amide bonds. The molecule has 0 radical (unpaired) electrons. The van der Waals surface area contributed by atoms with E-state index in [2.05, 4.69) is 25.6 Å². The molecule has 0 aliphatic rings. The first-order chi connectivity index (χ1) is 17.2. The van der Waals surface area contributed by atoms with Crippen molar-refractivity contribution in [3.8, 4) is 11.8 Å². The van der Waals surface area contributed by atoms with Gasteiger partial charge in [0.25, 0.3) is 5.91 Å². The summed E-state index contributed by atoms with van der Waals surface area (Å²) < 4.78 is 45.9. The quantitative estimate of drug-likeness (QED) is 0.457. The normalized spacial score (nSPS) is 12.5. The van der Waals surface area contributed by atoms with E-state index in [-0.39, 0.29) is 18.7 Å². The van der Waals surface area contributed by atoms with E-state index in [9.17, 15) is 28.0 Å². The third-order valence-electron chi connectivity index (χ3n) is 4.55. The van der Waals surface area contributed by atoms with Gasteiger partial charge in [-0.2, -0.15) is 20.3 Å². The molecule has 0 fully saturated rings. The monoisotopic (exact) mass is 538 g/mol. The lowest BCUT2D eigenvalue weighted by Gasteiger charge is -2.19. The Hall–Kier alpha value is -4.05. The smallest absolute Gasteiger partial charge is 0.444 e. The number of carbonyl (C=O) groups excluding carboxylic acids is 2. The summed E-state index contributed by atoms with van der Waals surface area (Å²) in [6.45, 7) is 5.12. The lowest BCUT2D eigenvalue weighted by Crippen LogP contribution is -2.37. The van der Waals surface area contributed by atoms with Crippen LogP contribution in [0.1, 0.15) is 36.7 Å². The predicted molar refractivity (Wildman–Crippen MR) is 126 cm³/mol. The zero-order chi connectivity index (χ0) is 27.4. The third kappa shape index (κ3) is 8.25. The fourth-order valence-corrected chi connectivity index (χ4v) is 3.36. The van der Waals surface area contributed by atoms with Crippen molar-refractivity contribution in [2.45, 2.75) is 51.9 Å². The molecule has 10 nitrogen and oxygen atoms in total.